The zero-order valence-electron chi connectivity index (χ0n) is 15.4. The molecule has 2 heterocycles. The van der Waals surface area contributed by atoms with Gasteiger partial charge in [0.25, 0.3) is 5.91 Å². The Kier molecular flexibility index (Phi) is 4.99. The molecule has 0 fully saturated rings. The summed E-state index contributed by atoms with van der Waals surface area (Å²) in [7, 11) is 0. The van der Waals surface area contributed by atoms with Gasteiger partial charge in [-0.3, -0.25) is 9.59 Å². The highest BCUT2D eigenvalue weighted by Crippen LogP contribution is 2.40. The summed E-state index contributed by atoms with van der Waals surface area (Å²) >= 11 is 0. The number of benzene rings is 2. The topological polar surface area (TPSA) is 70.8 Å². The molecule has 0 aliphatic carbocycles. The lowest BCUT2D eigenvalue weighted by Crippen LogP contribution is -2.33. The van der Waals surface area contributed by atoms with E-state index in [9.17, 15) is 19.1 Å². The van der Waals surface area contributed by atoms with Crippen molar-refractivity contribution in [3.63, 3.8) is 0 Å². The van der Waals surface area contributed by atoms with E-state index in [1.54, 1.807) is 6.07 Å². The number of nitrogens with zero attached hydrogens (tertiary/aromatic N) is 1. The summed E-state index contributed by atoms with van der Waals surface area (Å²) in [6.45, 7) is 0.209. The van der Waals surface area contributed by atoms with E-state index < -0.39 is 29.3 Å². The molecule has 2 aromatic carbocycles. The highest BCUT2D eigenvalue weighted by molar-refractivity contribution is 6.15. The number of hydrogen-bond acceptors (Lipinski definition) is 4. The van der Waals surface area contributed by atoms with Gasteiger partial charge in [-0.1, -0.05) is 48.5 Å². The van der Waals surface area contributed by atoms with Crippen molar-refractivity contribution in [3.8, 4) is 0 Å². The van der Waals surface area contributed by atoms with Crippen molar-refractivity contribution in [1.29, 1.82) is 0 Å². The second-order valence-electron chi connectivity index (χ2n) is 6.73. The third-order valence-corrected chi connectivity index (χ3v) is 4.98. The fraction of sp³-hybridized carbons (Fsp3) is 0.130. The van der Waals surface area contributed by atoms with Crippen LogP contribution in [0.1, 0.15) is 27.7 Å². The average molecular weight is 391 g/mol. The van der Waals surface area contributed by atoms with Crippen LogP contribution >= 0.6 is 0 Å². The Hall–Kier alpha value is -3.67. The van der Waals surface area contributed by atoms with Crippen LogP contribution < -0.4 is 0 Å². The predicted octanol–water partition coefficient (Wildman–Crippen LogP) is 4.24. The van der Waals surface area contributed by atoms with Crippen molar-refractivity contribution < 1.29 is 23.5 Å². The second-order valence-corrected chi connectivity index (χ2v) is 6.73. The van der Waals surface area contributed by atoms with E-state index in [4.69, 9.17) is 4.42 Å². The van der Waals surface area contributed by atoms with Gasteiger partial charge in [0.15, 0.2) is 11.5 Å². The van der Waals surface area contributed by atoms with Crippen molar-refractivity contribution in [2.24, 2.45) is 0 Å². The van der Waals surface area contributed by atoms with Gasteiger partial charge in [0.2, 0.25) is 5.78 Å². The van der Waals surface area contributed by atoms with Gasteiger partial charge < -0.3 is 14.4 Å². The average Bonchev–Trinajstić information content (AvgIpc) is 3.35. The van der Waals surface area contributed by atoms with Crippen LogP contribution in [0.25, 0.3) is 0 Å². The third-order valence-electron chi connectivity index (χ3n) is 4.98. The molecule has 29 heavy (non-hydrogen) atoms. The molecule has 6 heteroatoms. The number of Topliss-reactive ketones (excluding diaryl/α,β-unsaturated/α-hetero) is 1. The molecule has 1 atom stereocenters. The number of carbonyl (C=O) groups is 2. The first kappa shape index (κ1) is 18.7. The first-order chi connectivity index (χ1) is 14.1. The van der Waals surface area contributed by atoms with Gasteiger partial charge in [-0.25, -0.2) is 4.39 Å². The molecule has 0 saturated heterocycles. The summed E-state index contributed by atoms with van der Waals surface area (Å²) in [5.74, 6) is -2.60. The maximum Gasteiger partial charge on any atom is 0.290 e. The number of aliphatic hydroxyl groups is 1. The number of rotatable bonds is 6. The lowest BCUT2D eigenvalue weighted by atomic mass is 9.94. The van der Waals surface area contributed by atoms with E-state index in [1.807, 2.05) is 30.3 Å². The molecular weight excluding hydrogens is 373 g/mol. The monoisotopic (exact) mass is 391 g/mol. The number of ketones is 1. The summed E-state index contributed by atoms with van der Waals surface area (Å²) < 4.78 is 19.8. The van der Waals surface area contributed by atoms with Crippen LogP contribution in [0.3, 0.4) is 0 Å². The van der Waals surface area contributed by atoms with Crippen LogP contribution in [0.4, 0.5) is 4.39 Å². The van der Waals surface area contributed by atoms with Gasteiger partial charge in [0.1, 0.15) is 5.82 Å². The molecule has 146 valence electrons. The Bertz CT molecular complexity index is 1070. The predicted molar refractivity (Wildman–Crippen MR) is 104 cm³/mol. The Labute approximate surface area is 166 Å². The van der Waals surface area contributed by atoms with E-state index in [1.165, 1.54) is 41.5 Å². The highest BCUT2D eigenvalue weighted by Gasteiger charge is 2.45. The van der Waals surface area contributed by atoms with Crippen LogP contribution in [-0.4, -0.2) is 28.2 Å². The molecule has 0 bridgehead atoms. The molecule has 4 rings (SSSR count). The second kappa shape index (κ2) is 7.75. The standard InChI is InChI=1S/C23H18FNO4/c24-17-10-5-4-9-16(17)20-19(21(26)18-11-6-14-29-18)22(27)23(28)25(20)13-12-15-7-2-1-3-8-15/h1-11,14,20,27H,12-13H2. The zero-order chi connectivity index (χ0) is 20.4. The van der Waals surface area contributed by atoms with Gasteiger partial charge in [-0.05, 0) is 30.2 Å². The summed E-state index contributed by atoms with van der Waals surface area (Å²) in [6, 6.07) is 17.4. The molecule has 1 unspecified atom stereocenters. The molecule has 0 spiro atoms. The van der Waals surface area contributed by atoms with E-state index in [0.29, 0.717) is 6.42 Å². The van der Waals surface area contributed by atoms with Gasteiger partial charge in [-0.2, -0.15) is 0 Å². The molecule has 1 amide bonds. The Balaban J connectivity index is 1.74. The number of hydrogen-bond donors (Lipinski definition) is 1. The highest BCUT2D eigenvalue weighted by atomic mass is 19.1. The normalized spacial score (nSPS) is 16.5. The smallest absolute Gasteiger partial charge is 0.290 e. The van der Waals surface area contributed by atoms with E-state index in [2.05, 4.69) is 0 Å². The van der Waals surface area contributed by atoms with Gasteiger partial charge in [-0.15, -0.1) is 0 Å². The number of aliphatic hydroxyl groups excluding tert-OH is 1. The number of amides is 1. The molecule has 5 nitrogen and oxygen atoms in total. The van der Waals surface area contributed by atoms with Crippen molar-refractivity contribution in [2.45, 2.75) is 12.5 Å². The Morgan fingerprint density at radius 3 is 2.45 bits per heavy atom. The molecule has 1 aliphatic rings. The molecule has 0 radical (unpaired) electrons. The minimum atomic E-state index is -1.04. The van der Waals surface area contributed by atoms with E-state index >= 15 is 0 Å². The first-order valence-electron chi connectivity index (χ1n) is 9.18. The van der Waals surface area contributed by atoms with Crippen molar-refractivity contribution in [2.75, 3.05) is 6.54 Å². The lowest BCUT2D eigenvalue weighted by Gasteiger charge is -2.27. The molecule has 0 saturated carbocycles. The number of carbonyl (C=O) groups excluding carboxylic acids is 2. The fourth-order valence-electron chi connectivity index (χ4n) is 3.57. The van der Waals surface area contributed by atoms with Crippen molar-refractivity contribution >= 4 is 11.7 Å². The van der Waals surface area contributed by atoms with E-state index in [-0.39, 0.29) is 23.4 Å². The van der Waals surface area contributed by atoms with Crippen LogP contribution in [0.15, 0.2) is 88.7 Å². The largest absolute Gasteiger partial charge is 0.503 e. The maximum absolute atomic E-state index is 14.6. The fourth-order valence-corrected chi connectivity index (χ4v) is 3.57. The summed E-state index contributed by atoms with van der Waals surface area (Å²) in [6.07, 6.45) is 1.82. The molecule has 1 N–H and O–H groups in total. The Morgan fingerprint density at radius 2 is 1.76 bits per heavy atom. The quantitative estimate of drug-likeness (QED) is 0.638. The summed E-state index contributed by atoms with van der Waals surface area (Å²) in [5, 5.41) is 10.5. The molecule has 1 aromatic heterocycles. The van der Waals surface area contributed by atoms with Crippen LogP contribution in [0.2, 0.25) is 0 Å². The van der Waals surface area contributed by atoms with Gasteiger partial charge in [0, 0.05) is 12.1 Å². The first-order valence-corrected chi connectivity index (χ1v) is 9.18. The van der Waals surface area contributed by atoms with Gasteiger partial charge >= 0.3 is 0 Å². The van der Waals surface area contributed by atoms with E-state index in [0.717, 1.165) is 5.56 Å². The number of halogens is 1. The van der Waals surface area contributed by atoms with Crippen LogP contribution in [-0.2, 0) is 11.2 Å². The zero-order valence-corrected chi connectivity index (χ0v) is 15.4. The Morgan fingerprint density at radius 1 is 1.03 bits per heavy atom. The SMILES string of the molecule is O=C(C1=C(O)C(=O)N(CCc2ccccc2)C1c1ccccc1F)c1ccco1. The molecule has 1 aliphatic heterocycles. The minimum absolute atomic E-state index is 0.0226. The lowest BCUT2D eigenvalue weighted by molar-refractivity contribution is -0.129. The third kappa shape index (κ3) is 3.45. The minimum Gasteiger partial charge on any atom is -0.503 e. The summed E-state index contributed by atoms with van der Waals surface area (Å²) in [4.78, 5) is 27.1. The molecule has 3 aromatic rings. The summed E-state index contributed by atoms with van der Waals surface area (Å²) in [5.41, 5.74) is 0.953. The van der Waals surface area contributed by atoms with Crippen LogP contribution in [0.5, 0.6) is 0 Å². The van der Waals surface area contributed by atoms with Gasteiger partial charge in [0.05, 0.1) is 17.9 Å². The maximum atomic E-state index is 14.6. The van der Waals surface area contributed by atoms with Crippen LogP contribution in [0, 0.1) is 5.82 Å². The number of furan rings is 1. The molecular formula is C23H18FNO4. The van der Waals surface area contributed by atoms with Crippen molar-refractivity contribution in [3.05, 3.63) is 107 Å². The van der Waals surface area contributed by atoms with Crippen molar-refractivity contribution in [1.82, 2.24) is 4.90 Å².